The first-order valence-electron chi connectivity index (χ1n) is 6.32. The maximum Gasteiger partial charge on any atom is 0.308 e. The molecule has 0 aromatic heterocycles. The highest BCUT2D eigenvalue weighted by atomic mass is 16.5. The van der Waals surface area contributed by atoms with Crippen molar-refractivity contribution in [3.05, 3.63) is 29.8 Å². The summed E-state index contributed by atoms with van der Waals surface area (Å²) in [6, 6.07) is 7.50. The van der Waals surface area contributed by atoms with E-state index in [0.717, 1.165) is 11.3 Å². The largest absolute Gasteiger partial charge is 0.494 e. The maximum atomic E-state index is 11.7. The van der Waals surface area contributed by atoms with Gasteiger partial charge in [0.25, 0.3) is 0 Å². The Morgan fingerprint density at radius 3 is 2.63 bits per heavy atom. The number of carboxylic acid groups (broad SMARTS) is 1. The van der Waals surface area contributed by atoms with Gasteiger partial charge in [0.2, 0.25) is 5.91 Å². The average Bonchev–Trinajstić information content (AvgIpc) is 2.74. The second-order valence-electron chi connectivity index (χ2n) is 4.59. The van der Waals surface area contributed by atoms with Crippen molar-refractivity contribution in [2.45, 2.75) is 19.9 Å². The Kier molecular flexibility index (Phi) is 4.04. The highest BCUT2D eigenvalue weighted by molar-refractivity contribution is 5.86. The Morgan fingerprint density at radius 2 is 2.11 bits per heavy atom. The molecule has 102 valence electrons. The number of likely N-dealkylation sites (tertiary alicyclic amines) is 1. The molecule has 1 aliphatic heterocycles. The van der Waals surface area contributed by atoms with Crippen molar-refractivity contribution in [1.29, 1.82) is 0 Å². The zero-order chi connectivity index (χ0) is 13.8. The molecule has 1 amide bonds. The summed E-state index contributed by atoms with van der Waals surface area (Å²) in [5.41, 5.74) is 0.975. The second kappa shape index (κ2) is 5.73. The topological polar surface area (TPSA) is 66.8 Å². The summed E-state index contributed by atoms with van der Waals surface area (Å²) in [5.74, 6) is -0.776. The minimum atomic E-state index is -0.900. The van der Waals surface area contributed by atoms with E-state index in [-0.39, 0.29) is 12.3 Å². The first-order valence-corrected chi connectivity index (χ1v) is 6.32. The molecule has 1 heterocycles. The number of carbonyl (C=O) groups excluding carboxylic acids is 1. The molecule has 0 aliphatic carbocycles. The molecule has 1 N–H and O–H groups in total. The monoisotopic (exact) mass is 263 g/mol. The summed E-state index contributed by atoms with van der Waals surface area (Å²) in [4.78, 5) is 24.2. The number of nitrogens with zero attached hydrogens (tertiary/aromatic N) is 1. The van der Waals surface area contributed by atoms with Gasteiger partial charge in [-0.05, 0) is 24.6 Å². The molecule has 1 saturated heterocycles. The quantitative estimate of drug-likeness (QED) is 0.874. The molecule has 0 bridgehead atoms. The number of hydrogen-bond donors (Lipinski definition) is 1. The van der Waals surface area contributed by atoms with Crippen LogP contribution in [-0.2, 0) is 16.1 Å². The second-order valence-corrected chi connectivity index (χ2v) is 4.59. The lowest BCUT2D eigenvalue weighted by Crippen LogP contribution is -2.25. The van der Waals surface area contributed by atoms with Gasteiger partial charge in [0.05, 0.1) is 12.5 Å². The zero-order valence-electron chi connectivity index (χ0n) is 10.8. The van der Waals surface area contributed by atoms with Crippen molar-refractivity contribution in [3.63, 3.8) is 0 Å². The fraction of sp³-hybridized carbons (Fsp3) is 0.429. The van der Waals surface area contributed by atoms with Crippen molar-refractivity contribution in [2.75, 3.05) is 13.2 Å². The van der Waals surface area contributed by atoms with Gasteiger partial charge in [0.1, 0.15) is 5.75 Å². The van der Waals surface area contributed by atoms with E-state index in [4.69, 9.17) is 9.84 Å². The number of aliphatic carboxylic acids is 1. The SMILES string of the molecule is CCOc1ccc(CN2CC(C(=O)O)CC2=O)cc1. The van der Waals surface area contributed by atoms with E-state index in [9.17, 15) is 9.59 Å². The van der Waals surface area contributed by atoms with Crippen LogP contribution < -0.4 is 4.74 Å². The fourth-order valence-electron chi connectivity index (χ4n) is 2.17. The normalized spacial score (nSPS) is 18.7. The van der Waals surface area contributed by atoms with Crippen LogP contribution in [0.15, 0.2) is 24.3 Å². The minimum absolute atomic E-state index is 0.0960. The van der Waals surface area contributed by atoms with Gasteiger partial charge in [-0.25, -0.2) is 0 Å². The van der Waals surface area contributed by atoms with Crippen LogP contribution in [0.25, 0.3) is 0 Å². The summed E-state index contributed by atoms with van der Waals surface area (Å²) in [7, 11) is 0. The van der Waals surface area contributed by atoms with Gasteiger partial charge in [-0.3, -0.25) is 9.59 Å². The van der Waals surface area contributed by atoms with Gasteiger partial charge in [-0.15, -0.1) is 0 Å². The van der Waals surface area contributed by atoms with E-state index in [2.05, 4.69) is 0 Å². The summed E-state index contributed by atoms with van der Waals surface area (Å²) in [6.07, 6.45) is 0.104. The van der Waals surface area contributed by atoms with Gasteiger partial charge in [0.15, 0.2) is 0 Å². The summed E-state index contributed by atoms with van der Waals surface area (Å²) in [6.45, 7) is 3.28. The van der Waals surface area contributed by atoms with Crippen LogP contribution in [0.3, 0.4) is 0 Å². The van der Waals surface area contributed by atoms with Gasteiger partial charge < -0.3 is 14.7 Å². The van der Waals surface area contributed by atoms with E-state index in [1.54, 1.807) is 4.90 Å². The van der Waals surface area contributed by atoms with Crippen molar-refractivity contribution in [3.8, 4) is 5.75 Å². The molecule has 0 saturated carbocycles. The molecule has 0 radical (unpaired) electrons. The molecular weight excluding hydrogens is 246 g/mol. The molecule has 1 aliphatic rings. The summed E-state index contributed by atoms with van der Waals surface area (Å²) >= 11 is 0. The van der Waals surface area contributed by atoms with E-state index in [0.29, 0.717) is 19.7 Å². The Morgan fingerprint density at radius 1 is 1.42 bits per heavy atom. The summed E-state index contributed by atoms with van der Waals surface area (Å²) < 4.78 is 5.34. The van der Waals surface area contributed by atoms with Crippen molar-refractivity contribution in [2.24, 2.45) is 5.92 Å². The first-order chi connectivity index (χ1) is 9.10. The van der Waals surface area contributed by atoms with Crippen molar-refractivity contribution in [1.82, 2.24) is 4.90 Å². The summed E-state index contributed by atoms with van der Waals surface area (Å²) in [5, 5.41) is 8.91. The highest BCUT2D eigenvalue weighted by Gasteiger charge is 2.33. The Hall–Kier alpha value is -2.04. The zero-order valence-corrected chi connectivity index (χ0v) is 10.8. The van der Waals surface area contributed by atoms with Gasteiger partial charge in [0, 0.05) is 19.5 Å². The van der Waals surface area contributed by atoms with Crippen LogP contribution in [0, 0.1) is 5.92 Å². The molecule has 19 heavy (non-hydrogen) atoms. The average molecular weight is 263 g/mol. The molecule has 1 unspecified atom stereocenters. The smallest absolute Gasteiger partial charge is 0.308 e. The number of rotatable bonds is 5. The van der Waals surface area contributed by atoms with Crippen LogP contribution in [-0.4, -0.2) is 35.0 Å². The molecule has 1 aromatic carbocycles. The molecule has 2 rings (SSSR count). The molecule has 1 fully saturated rings. The number of ether oxygens (including phenoxy) is 1. The number of benzene rings is 1. The maximum absolute atomic E-state index is 11.7. The van der Waals surface area contributed by atoms with Crippen LogP contribution >= 0.6 is 0 Å². The van der Waals surface area contributed by atoms with Gasteiger partial charge in [-0.2, -0.15) is 0 Å². The fourth-order valence-corrected chi connectivity index (χ4v) is 2.17. The molecule has 5 heteroatoms. The van der Waals surface area contributed by atoms with Gasteiger partial charge in [-0.1, -0.05) is 12.1 Å². The van der Waals surface area contributed by atoms with Crippen LogP contribution in [0.4, 0.5) is 0 Å². The molecular formula is C14H17NO4. The Labute approximate surface area is 111 Å². The predicted molar refractivity (Wildman–Crippen MR) is 68.8 cm³/mol. The third-order valence-corrected chi connectivity index (χ3v) is 3.17. The standard InChI is InChI=1S/C14H17NO4/c1-2-19-12-5-3-10(4-6-12)8-15-9-11(14(17)18)7-13(15)16/h3-6,11H,2,7-9H2,1H3,(H,17,18). The Bertz CT molecular complexity index is 469. The van der Waals surface area contributed by atoms with Crippen LogP contribution in [0.2, 0.25) is 0 Å². The Balaban J connectivity index is 1.97. The third-order valence-electron chi connectivity index (χ3n) is 3.17. The van der Waals surface area contributed by atoms with E-state index >= 15 is 0 Å². The molecule has 0 spiro atoms. The number of amides is 1. The van der Waals surface area contributed by atoms with Crippen molar-refractivity contribution < 1.29 is 19.4 Å². The van der Waals surface area contributed by atoms with E-state index in [1.165, 1.54) is 0 Å². The van der Waals surface area contributed by atoms with Crippen molar-refractivity contribution >= 4 is 11.9 Å². The van der Waals surface area contributed by atoms with E-state index in [1.807, 2.05) is 31.2 Å². The lowest BCUT2D eigenvalue weighted by atomic mass is 10.1. The molecule has 1 atom stereocenters. The molecule has 5 nitrogen and oxygen atoms in total. The van der Waals surface area contributed by atoms with Gasteiger partial charge >= 0.3 is 5.97 Å². The lowest BCUT2D eigenvalue weighted by Gasteiger charge is -2.16. The first kappa shape index (κ1) is 13.4. The van der Waals surface area contributed by atoms with E-state index < -0.39 is 11.9 Å². The number of carboxylic acids is 1. The predicted octanol–water partition coefficient (Wildman–Crippen LogP) is 1.52. The lowest BCUT2D eigenvalue weighted by molar-refractivity contribution is -0.141. The molecule has 1 aromatic rings. The minimum Gasteiger partial charge on any atom is -0.494 e. The third kappa shape index (κ3) is 3.24. The van der Waals surface area contributed by atoms with Crippen LogP contribution in [0.5, 0.6) is 5.75 Å². The number of hydrogen-bond acceptors (Lipinski definition) is 3. The van der Waals surface area contributed by atoms with Crippen LogP contribution in [0.1, 0.15) is 18.9 Å². The highest BCUT2D eigenvalue weighted by Crippen LogP contribution is 2.21. The number of carbonyl (C=O) groups is 2.